The molecule has 4 atom stereocenters. The lowest BCUT2D eigenvalue weighted by atomic mass is 9.68. The van der Waals surface area contributed by atoms with E-state index < -0.39 is 0 Å². The number of nitrogens with one attached hydrogen (secondary N) is 1. The largest absolute Gasteiger partial charge is 0.296 e. The number of likely N-dealkylation sites (tertiary alicyclic amines) is 1. The maximum absolute atomic E-state index is 6.11. The summed E-state index contributed by atoms with van der Waals surface area (Å²) in [5.74, 6) is 7.72. The van der Waals surface area contributed by atoms with Gasteiger partial charge in [0.2, 0.25) is 0 Å². The Labute approximate surface area is 132 Å². The summed E-state index contributed by atoms with van der Waals surface area (Å²) in [5.41, 5.74) is 3.50. The standard InChI is InChI=1S/C18H37N3/c1-4-15-11-7-8-12-16(15)17(20-19)18(3,5-2)21-13-9-6-10-14-21/h15-17,20H,4-14,19H2,1-3H3. The lowest BCUT2D eigenvalue weighted by Crippen LogP contribution is -2.65. The van der Waals surface area contributed by atoms with Gasteiger partial charge in [-0.15, -0.1) is 0 Å². The first-order chi connectivity index (χ1) is 10.2. The van der Waals surface area contributed by atoms with Crippen LogP contribution in [0.4, 0.5) is 0 Å². The molecule has 21 heavy (non-hydrogen) atoms. The van der Waals surface area contributed by atoms with Crippen LogP contribution in [0.15, 0.2) is 0 Å². The van der Waals surface area contributed by atoms with Crippen molar-refractivity contribution in [3.63, 3.8) is 0 Å². The van der Waals surface area contributed by atoms with Crippen molar-refractivity contribution in [3.8, 4) is 0 Å². The molecule has 1 saturated heterocycles. The highest BCUT2D eigenvalue weighted by atomic mass is 15.3. The van der Waals surface area contributed by atoms with E-state index in [0.717, 1.165) is 11.8 Å². The highest BCUT2D eigenvalue weighted by molar-refractivity contribution is 5.01. The van der Waals surface area contributed by atoms with Crippen molar-refractivity contribution in [2.45, 2.75) is 90.1 Å². The minimum Gasteiger partial charge on any atom is -0.296 e. The van der Waals surface area contributed by atoms with Crippen LogP contribution in [0.2, 0.25) is 0 Å². The highest BCUT2D eigenvalue weighted by Gasteiger charge is 2.44. The van der Waals surface area contributed by atoms with Crippen LogP contribution >= 0.6 is 0 Å². The number of hydrazine groups is 1. The van der Waals surface area contributed by atoms with Gasteiger partial charge in [-0.2, -0.15) is 0 Å². The molecule has 4 unspecified atom stereocenters. The Balaban J connectivity index is 2.18. The molecule has 3 nitrogen and oxygen atoms in total. The highest BCUT2D eigenvalue weighted by Crippen LogP contribution is 2.40. The Hall–Kier alpha value is -0.120. The third kappa shape index (κ3) is 3.62. The van der Waals surface area contributed by atoms with Crippen LogP contribution in [0.5, 0.6) is 0 Å². The van der Waals surface area contributed by atoms with E-state index in [0.29, 0.717) is 6.04 Å². The van der Waals surface area contributed by atoms with E-state index in [1.54, 1.807) is 0 Å². The van der Waals surface area contributed by atoms with Gasteiger partial charge in [-0.3, -0.25) is 16.2 Å². The zero-order valence-corrected chi connectivity index (χ0v) is 14.5. The summed E-state index contributed by atoms with van der Waals surface area (Å²) in [4.78, 5) is 2.74. The lowest BCUT2D eigenvalue weighted by molar-refractivity contribution is 0.00152. The first-order valence-electron chi connectivity index (χ1n) is 9.38. The Bertz CT molecular complexity index is 301. The van der Waals surface area contributed by atoms with Gasteiger partial charge in [-0.1, -0.05) is 46.0 Å². The fourth-order valence-electron chi connectivity index (χ4n) is 4.99. The average molecular weight is 296 g/mol. The molecule has 2 rings (SSSR count). The van der Waals surface area contributed by atoms with Crippen LogP contribution in [0.25, 0.3) is 0 Å². The van der Waals surface area contributed by atoms with Gasteiger partial charge >= 0.3 is 0 Å². The Morgan fingerprint density at radius 2 is 1.76 bits per heavy atom. The van der Waals surface area contributed by atoms with E-state index in [1.807, 2.05) is 0 Å². The van der Waals surface area contributed by atoms with Gasteiger partial charge in [-0.05, 0) is 57.5 Å². The SMILES string of the molecule is CCC1CCCCC1C(NN)C(C)(CC)N1CCCCC1. The van der Waals surface area contributed by atoms with E-state index in [9.17, 15) is 0 Å². The predicted octanol–water partition coefficient (Wildman–Crippen LogP) is 3.69. The molecule has 0 amide bonds. The molecule has 1 aliphatic carbocycles. The van der Waals surface area contributed by atoms with Crippen molar-refractivity contribution in [1.82, 2.24) is 10.3 Å². The number of hydrogen-bond acceptors (Lipinski definition) is 3. The van der Waals surface area contributed by atoms with Gasteiger partial charge in [0.25, 0.3) is 0 Å². The fraction of sp³-hybridized carbons (Fsp3) is 1.00. The molecule has 124 valence electrons. The Kier molecular flexibility index (Phi) is 6.51. The summed E-state index contributed by atoms with van der Waals surface area (Å²) >= 11 is 0. The van der Waals surface area contributed by atoms with Gasteiger partial charge in [0.1, 0.15) is 0 Å². The molecule has 3 N–H and O–H groups in total. The molecule has 2 aliphatic rings. The van der Waals surface area contributed by atoms with Crippen LogP contribution in [0.1, 0.15) is 78.6 Å². The van der Waals surface area contributed by atoms with Crippen molar-refractivity contribution in [2.75, 3.05) is 13.1 Å². The molecule has 0 bridgehead atoms. The van der Waals surface area contributed by atoms with Gasteiger partial charge in [0.05, 0.1) is 0 Å². The van der Waals surface area contributed by atoms with Gasteiger partial charge < -0.3 is 0 Å². The van der Waals surface area contributed by atoms with Crippen LogP contribution in [-0.2, 0) is 0 Å². The zero-order valence-electron chi connectivity index (χ0n) is 14.5. The number of nitrogens with two attached hydrogens (primary N) is 1. The topological polar surface area (TPSA) is 41.3 Å². The second-order valence-electron chi connectivity index (χ2n) is 7.52. The lowest BCUT2D eigenvalue weighted by Gasteiger charge is -2.52. The summed E-state index contributed by atoms with van der Waals surface area (Å²) in [7, 11) is 0. The van der Waals surface area contributed by atoms with Gasteiger partial charge in [0.15, 0.2) is 0 Å². The first-order valence-corrected chi connectivity index (χ1v) is 9.38. The van der Waals surface area contributed by atoms with Crippen molar-refractivity contribution < 1.29 is 0 Å². The second kappa shape index (κ2) is 7.94. The van der Waals surface area contributed by atoms with Gasteiger partial charge in [0, 0.05) is 11.6 Å². The third-order valence-electron chi connectivity index (χ3n) is 6.56. The smallest absolute Gasteiger partial charge is 0.0422 e. The van der Waals surface area contributed by atoms with Crippen LogP contribution in [-0.4, -0.2) is 29.6 Å². The van der Waals surface area contributed by atoms with Crippen LogP contribution < -0.4 is 11.3 Å². The minimum absolute atomic E-state index is 0.213. The molecule has 3 heteroatoms. The number of rotatable bonds is 6. The maximum Gasteiger partial charge on any atom is 0.0422 e. The minimum atomic E-state index is 0.213. The molecule has 0 spiro atoms. The summed E-state index contributed by atoms with van der Waals surface area (Å²) in [6.07, 6.45) is 12.2. The van der Waals surface area contributed by atoms with E-state index in [4.69, 9.17) is 5.84 Å². The van der Waals surface area contributed by atoms with Crippen molar-refractivity contribution >= 4 is 0 Å². The molecule has 2 fully saturated rings. The fourth-order valence-corrected chi connectivity index (χ4v) is 4.99. The molecule has 1 heterocycles. The van der Waals surface area contributed by atoms with Crippen LogP contribution in [0, 0.1) is 11.8 Å². The van der Waals surface area contributed by atoms with Crippen molar-refractivity contribution in [3.05, 3.63) is 0 Å². The van der Waals surface area contributed by atoms with E-state index >= 15 is 0 Å². The van der Waals surface area contributed by atoms with E-state index in [1.165, 1.54) is 70.9 Å². The molecule has 0 aromatic heterocycles. The summed E-state index contributed by atoms with van der Waals surface area (Å²) < 4.78 is 0. The predicted molar refractivity (Wildman–Crippen MR) is 91.0 cm³/mol. The number of nitrogens with zero attached hydrogens (tertiary/aromatic N) is 1. The van der Waals surface area contributed by atoms with Crippen molar-refractivity contribution in [2.24, 2.45) is 17.7 Å². The normalized spacial score (nSPS) is 32.6. The van der Waals surface area contributed by atoms with Crippen LogP contribution in [0.3, 0.4) is 0 Å². The maximum atomic E-state index is 6.11. The number of hydrogen-bond donors (Lipinski definition) is 2. The summed E-state index contributed by atoms with van der Waals surface area (Å²) in [6.45, 7) is 9.69. The van der Waals surface area contributed by atoms with Crippen molar-refractivity contribution in [1.29, 1.82) is 0 Å². The molecule has 0 radical (unpaired) electrons. The Morgan fingerprint density at radius 3 is 2.33 bits per heavy atom. The zero-order chi connectivity index (χ0) is 15.3. The average Bonchev–Trinajstić information content (AvgIpc) is 2.56. The van der Waals surface area contributed by atoms with E-state index in [2.05, 4.69) is 31.1 Å². The quantitative estimate of drug-likeness (QED) is 0.580. The molecule has 0 aromatic rings. The molecular formula is C18H37N3. The molecule has 0 aromatic carbocycles. The summed E-state index contributed by atoms with van der Waals surface area (Å²) in [5, 5.41) is 0. The van der Waals surface area contributed by atoms with E-state index in [-0.39, 0.29) is 5.54 Å². The monoisotopic (exact) mass is 295 g/mol. The molecule has 1 aliphatic heterocycles. The Morgan fingerprint density at radius 1 is 1.10 bits per heavy atom. The molecular weight excluding hydrogens is 258 g/mol. The third-order valence-corrected chi connectivity index (χ3v) is 6.56. The van der Waals surface area contributed by atoms with Gasteiger partial charge in [-0.25, -0.2) is 0 Å². The number of piperidine rings is 1. The summed E-state index contributed by atoms with van der Waals surface area (Å²) in [6, 6.07) is 0.436. The second-order valence-corrected chi connectivity index (χ2v) is 7.52. The molecule has 1 saturated carbocycles. The first kappa shape index (κ1) is 17.2.